The first kappa shape index (κ1) is 25.5. The Kier molecular flexibility index (Phi) is 5.93. The minimum Gasteiger partial charge on any atom is -0.492 e. The predicted molar refractivity (Wildman–Crippen MR) is 137 cm³/mol. The molecule has 7 nitrogen and oxygen atoms in total. The van der Waals surface area contributed by atoms with Gasteiger partial charge in [0.05, 0.1) is 22.6 Å². The summed E-state index contributed by atoms with van der Waals surface area (Å²) in [5, 5.41) is 18.1. The maximum Gasteiger partial charge on any atom is 0.418 e. The van der Waals surface area contributed by atoms with Crippen LogP contribution in [0.5, 0.6) is 5.75 Å². The molecule has 1 saturated heterocycles. The first-order valence-electron chi connectivity index (χ1n) is 12.7. The van der Waals surface area contributed by atoms with Crippen LogP contribution in [0.15, 0.2) is 36.5 Å². The van der Waals surface area contributed by atoms with Crippen molar-refractivity contribution in [2.24, 2.45) is 0 Å². The molecule has 1 spiro atoms. The van der Waals surface area contributed by atoms with Crippen LogP contribution < -0.4 is 10.1 Å². The molecule has 38 heavy (non-hydrogen) atoms. The number of piperidine rings is 1. The van der Waals surface area contributed by atoms with Crippen LogP contribution in [-0.4, -0.2) is 57.5 Å². The molecular weight excluding hydrogens is 521 g/mol. The molecule has 2 aliphatic heterocycles. The molecule has 1 amide bonds. The van der Waals surface area contributed by atoms with E-state index < -0.39 is 22.8 Å². The fourth-order valence-electron chi connectivity index (χ4n) is 6.09. The van der Waals surface area contributed by atoms with Gasteiger partial charge in [0.2, 0.25) is 5.91 Å². The van der Waals surface area contributed by atoms with E-state index in [2.05, 4.69) is 15.3 Å². The molecule has 0 radical (unpaired) electrons. The number of carbonyl (C=O) groups is 1. The zero-order chi connectivity index (χ0) is 26.9. The summed E-state index contributed by atoms with van der Waals surface area (Å²) in [7, 11) is 0. The lowest BCUT2D eigenvalue weighted by Gasteiger charge is -2.40. The van der Waals surface area contributed by atoms with Gasteiger partial charge in [-0.3, -0.25) is 14.4 Å². The van der Waals surface area contributed by atoms with Gasteiger partial charge in [-0.15, -0.1) is 0 Å². The van der Waals surface area contributed by atoms with Gasteiger partial charge in [-0.2, -0.15) is 18.3 Å². The quantitative estimate of drug-likeness (QED) is 0.460. The van der Waals surface area contributed by atoms with Crippen LogP contribution in [0.4, 0.5) is 18.9 Å². The molecule has 1 aromatic heterocycles. The molecule has 11 heteroatoms. The Balaban J connectivity index is 1.12. The second-order valence-electron chi connectivity index (χ2n) is 11.0. The molecule has 3 aromatic rings. The average Bonchev–Trinajstić information content (AvgIpc) is 3.37. The van der Waals surface area contributed by atoms with Crippen molar-refractivity contribution in [2.75, 3.05) is 31.6 Å². The van der Waals surface area contributed by atoms with Gasteiger partial charge in [0.1, 0.15) is 17.9 Å². The lowest BCUT2D eigenvalue weighted by Crippen LogP contribution is -2.47. The summed E-state index contributed by atoms with van der Waals surface area (Å²) in [6.45, 7) is 3.76. The van der Waals surface area contributed by atoms with Crippen molar-refractivity contribution in [3.8, 4) is 5.75 Å². The maximum absolute atomic E-state index is 13.9. The zero-order valence-electron chi connectivity index (χ0n) is 20.8. The molecule has 2 fully saturated rings. The molecule has 3 heterocycles. The van der Waals surface area contributed by atoms with Crippen LogP contribution in [0.2, 0.25) is 5.02 Å². The molecule has 2 N–H and O–H groups in total. The van der Waals surface area contributed by atoms with Gasteiger partial charge in [-0.25, -0.2) is 0 Å². The minimum absolute atomic E-state index is 0.00953. The first-order valence-corrected chi connectivity index (χ1v) is 13.1. The summed E-state index contributed by atoms with van der Waals surface area (Å²) in [6, 6.07) is 7.91. The number of amides is 1. The Bertz CT molecular complexity index is 1400. The predicted octanol–water partition coefficient (Wildman–Crippen LogP) is 5.16. The number of halogens is 4. The van der Waals surface area contributed by atoms with Gasteiger partial charge in [-0.05, 0) is 81.6 Å². The van der Waals surface area contributed by atoms with E-state index in [0.29, 0.717) is 55.7 Å². The number of hydrogen-bond acceptors (Lipinski definition) is 5. The Morgan fingerprint density at radius 2 is 1.95 bits per heavy atom. The number of hydrogen-bond donors (Lipinski definition) is 2. The number of aliphatic hydroxyl groups is 1. The Morgan fingerprint density at radius 3 is 2.63 bits per heavy atom. The molecule has 0 bridgehead atoms. The van der Waals surface area contributed by atoms with E-state index in [1.54, 1.807) is 25.3 Å². The highest BCUT2D eigenvalue weighted by atomic mass is 35.5. The van der Waals surface area contributed by atoms with Crippen molar-refractivity contribution >= 4 is 34.1 Å². The van der Waals surface area contributed by atoms with Crippen LogP contribution in [0, 0.1) is 0 Å². The number of benzene rings is 2. The van der Waals surface area contributed by atoms with E-state index in [0.717, 1.165) is 17.3 Å². The average molecular weight is 549 g/mol. The normalized spacial score (nSPS) is 24.9. The summed E-state index contributed by atoms with van der Waals surface area (Å²) >= 11 is 6.19. The third kappa shape index (κ3) is 4.42. The van der Waals surface area contributed by atoms with Crippen molar-refractivity contribution in [1.82, 2.24) is 14.7 Å². The number of rotatable bonds is 5. The fourth-order valence-corrected chi connectivity index (χ4v) is 6.26. The van der Waals surface area contributed by atoms with Gasteiger partial charge in [0, 0.05) is 28.8 Å². The zero-order valence-corrected chi connectivity index (χ0v) is 21.6. The molecule has 0 unspecified atom stereocenters. The van der Waals surface area contributed by atoms with Gasteiger partial charge >= 0.3 is 6.18 Å². The Morgan fingerprint density at radius 1 is 1.21 bits per heavy atom. The second-order valence-corrected chi connectivity index (χ2v) is 11.4. The molecule has 2 aromatic carbocycles. The van der Waals surface area contributed by atoms with E-state index in [9.17, 15) is 23.1 Å². The first-order chi connectivity index (χ1) is 17.9. The van der Waals surface area contributed by atoms with Gasteiger partial charge < -0.3 is 15.2 Å². The summed E-state index contributed by atoms with van der Waals surface area (Å²) in [5.41, 5.74) is -0.621. The number of aromatic nitrogens is 2. The molecular formula is C27H28ClF3N4O3. The summed E-state index contributed by atoms with van der Waals surface area (Å²) in [4.78, 5) is 15.0. The lowest BCUT2D eigenvalue weighted by molar-refractivity contribution is -0.136. The van der Waals surface area contributed by atoms with Gasteiger partial charge in [-0.1, -0.05) is 11.6 Å². The van der Waals surface area contributed by atoms with E-state index in [1.165, 1.54) is 4.68 Å². The highest BCUT2D eigenvalue weighted by molar-refractivity contribution is 6.31. The fraction of sp³-hybridized carbons (Fsp3) is 0.481. The van der Waals surface area contributed by atoms with Crippen LogP contribution in [-0.2, 0) is 16.4 Å². The number of ether oxygens (including phenoxy) is 1. The van der Waals surface area contributed by atoms with E-state index >= 15 is 0 Å². The van der Waals surface area contributed by atoms with Crippen LogP contribution in [0.25, 0.3) is 10.9 Å². The second kappa shape index (κ2) is 8.86. The molecule has 202 valence electrons. The highest BCUT2D eigenvalue weighted by Crippen LogP contribution is 2.46. The molecule has 1 aliphatic carbocycles. The largest absolute Gasteiger partial charge is 0.492 e. The van der Waals surface area contributed by atoms with E-state index in [4.69, 9.17) is 16.3 Å². The number of anilines is 1. The third-order valence-electron chi connectivity index (χ3n) is 8.20. The highest BCUT2D eigenvalue weighted by Gasteiger charge is 2.48. The molecule has 1 saturated carbocycles. The van der Waals surface area contributed by atoms with E-state index in [-0.39, 0.29) is 29.8 Å². The van der Waals surface area contributed by atoms with Crippen molar-refractivity contribution in [1.29, 1.82) is 0 Å². The molecule has 6 rings (SSSR count). The lowest BCUT2D eigenvalue weighted by atomic mass is 9.73. The maximum atomic E-state index is 13.9. The SMILES string of the molecule is CC1(O)CC(n2cc3cc(OCCN4CCC5(CC4)C(=O)Nc4ccc(Cl)cc45)cc(C(F)(F)F)c3n2)C1. The van der Waals surface area contributed by atoms with Gasteiger partial charge in [0.25, 0.3) is 0 Å². The summed E-state index contributed by atoms with van der Waals surface area (Å²) in [5.74, 6) is 0.127. The van der Waals surface area contributed by atoms with Crippen LogP contribution in [0.3, 0.4) is 0 Å². The number of carbonyl (C=O) groups excluding carboxylic acids is 1. The Labute approximate surface area is 222 Å². The van der Waals surface area contributed by atoms with Crippen molar-refractivity contribution in [2.45, 2.75) is 55.8 Å². The van der Waals surface area contributed by atoms with E-state index in [1.807, 2.05) is 12.1 Å². The monoisotopic (exact) mass is 548 g/mol. The smallest absolute Gasteiger partial charge is 0.418 e. The number of nitrogens with one attached hydrogen (secondary N) is 1. The molecule has 0 atom stereocenters. The van der Waals surface area contributed by atoms with Gasteiger partial charge in [0.15, 0.2) is 0 Å². The van der Waals surface area contributed by atoms with Crippen LogP contribution in [0.1, 0.15) is 49.8 Å². The molecule has 3 aliphatic rings. The summed E-state index contributed by atoms with van der Waals surface area (Å²) in [6.07, 6.45) is -0.832. The summed E-state index contributed by atoms with van der Waals surface area (Å²) < 4.78 is 48.9. The van der Waals surface area contributed by atoms with Crippen molar-refractivity contribution < 1.29 is 27.8 Å². The standard InChI is InChI=1S/C27H28ClF3N4O3/c1-25(37)13-18(14-25)35-15-16-10-19(12-21(23(16)33-35)27(29,30)31)38-9-8-34-6-4-26(5-7-34)20-11-17(28)2-3-22(20)32-24(26)36/h2-3,10-12,15,18,37H,4-9,13-14H2,1H3,(H,32,36). The number of likely N-dealkylation sites (tertiary alicyclic amines) is 1. The number of nitrogens with zero attached hydrogens (tertiary/aromatic N) is 3. The minimum atomic E-state index is -4.58. The van der Waals surface area contributed by atoms with Crippen molar-refractivity contribution in [3.63, 3.8) is 0 Å². The van der Waals surface area contributed by atoms with Crippen LogP contribution >= 0.6 is 11.6 Å². The van der Waals surface area contributed by atoms with Crippen molar-refractivity contribution in [3.05, 3.63) is 52.7 Å². The number of alkyl halides is 3. The third-order valence-corrected chi connectivity index (χ3v) is 8.43. The number of fused-ring (bicyclic) bond motifs is 3. The Hall–Kier alpha value is -2.82. The topological polar surface area (TPSA) is 79.6 Å².